The number of rotatable bonds is 3. The molecule has 1 heterocycles. The Morgan fingerprint density at radius 3 is 2.35 bits per heavy atom. The van der Waals surface area contributed by atoms with E-state index in [1.807, 2.05) is 0 Å². The SMILES string of the molecule is CS(=O)(=O)c1ccccc1-c1cc(-c2ccc(F)cc2)nc(Br)c1C#N. The van der Waals surface area contributed by atoms with E-state index >= 15 is 0 Å². The van der Waals surface area contributed by atoms with Crippen molar-refractivity contribution in [3.8, 4) is 28.5 Å². The quantitative estimate of drug-likeness (QED) is 0.569. The molecule has 2 aromatic carbocycles. The molecule has 0 saturated heterocycles. The average Bonchev–Trinajstić information content (AvgIpc) is 2.61. The van der Waals surface area contributed by atoms with Gasteiger partial charge in [-0.3, -0.25) is 0 Å². The summed E-state index contributed by atoms with van der Waals surface area (Å²) in [6.07, 6.45) is 1.12. The summed E-state index contributed by atoms with van der Waals surface area (Å²) in [4.78, 5) is 4.47. The van der Waals surface area contributed by atoms with Gasteiger partial charge in [-0.2, -0.15) is 5.26 Å². The van der Waals surface area contributed by atoms with Gasteiger partial charge in [0.25, 0.3) is 0 Å². The first-order valence-electron chi connectivity index (χ1n) is 7.47. The first kappa shape index (κ1) is 18.2. The number of pyridine rings is 1. The van der Waals surface area contributed by atoms with Gasteiger partial charge in [-0.25, -0.2) is 17.8 Å². The van der Waals surface area contributed by atoms with E-state index in [1.165, 1.54) is 18.2 Å². The Morgan fingerprint density at radius 1 is 1.08 bits per heavy atom. The van der Waals surface area contributed by atoms with Gasteiger partial charge in [0.1, 0.15) is 16.5 Å². The number of halogens is 2. The van der Waals surface area contributed by atoms with Gasteiger partial charge in [0, 0.05) is 22.9 Å². The molecular weight excluding hydrogens is 419 g/mol. The predicted octanol–water partition coefficient (Wildman–Crippen LogP) is 4.59. The molecule has 0 fully saturated rings. The summed E-state index contributed by atoms with van der Waals surface area (Å²) in [5.41, 5.74) is 2.23. The van der Waals surface area contributed by atoms with Gasteiger partial charge in [-0.05, 0) is 52.3 Å². The minimum absolute atomic E-state index is 0.125. The molecule has 0 aliphatic heterocycles. The van der Waals surface area contributed by atoms with Crippen LogP contribution in [0, 0.1) is 17.1 Å². The molecule has 0 saturated carbocycles. The van der Waals surface area contributed by atoms with Crippen LogP contribution in [0.25, 0.3) is 22.4 Å². The van der Waals surface area contributed by atoms with E-state index in [-0.39, 0.29) is 16.3 Å². The monoisotopic (exact) mass is 430 g/mol. The molecule has 3 aromatic rings. The van der Waals surface area contributed by atoms with E-state index < -0.39 is 9.84 Å². The van der Waals surface area contributed by atoms with Crippen molar-refractivity contribution in [1.29, 1.82) is 5.26 Å². The largest absolute Gasteiger partial charge is 0.239 e. The number of nitrogens with zero attached hydrogens (tertiary/aromatic N) is 2. The lowest BCUT2D eigenvalue weighted by Crippen LogP contribution is -2.02. The highest BCUT2D eigenvalue weighted by atomic mass is 79.9. The second-order valence-electron chi connectivity index (χ2n) is 5.61. The van der Waals surface area contributed by atoms with Crippen molar-refractivity contribution in [2.45, 2.75) is 4.90 Å². The third kappa shape index (κ3) is 3.52. The molecule has 3 rings (SSSR count). The van der Waals surface area contributed by atoms with E-state index in [4.69, 9.17) is 0 Å². The highest BCUT2D eigenvalue weighted by molar-refractivity contribution is 9.10. The van der Waals surface area contributed by atoms with Crippen LogP contribution in [0.1, 0.15) is 5.56 Å². The number of sulfone groups is 1. The van der Waals surface area contributed by atoms with Crippen LogP contribution in [-0.4, -0.2) is 19.7 Å². The summed E-state index contributed by atoms with van der Waals surface area (Å²) >= 11 is 3.29. The summed E-state index contributed by atoms with van der Waals surface area (Å²) in [6, 6.07) is 16.0. The second-order valence-corrected chi connectivity index (χ2v) is 8.34. The van der Waals surface area contributed by atoms with Crippen LogP contribution in [0.15, 0.2) is 64.1 Å². The van der Waals surface area contributed by atoms with E-state index in [1.54, 1.807) is 36.4 Å². The van der Waals surface area contributed by atoms with Gasteiger partial charge in [0.05, 0.1) is 16.2 Å². The molecule has 0 N–H and O–H groups in total. The maximum atomic E-state index is 13.2. The van der Waals surface area contributed by atoms with E-state index in [9.17, 15) is 18.1 Å². The third-order valence-corrected chi connectivity index (χ3v) is 5.53. The van der Waals surface area contributed by atoms with Gasteiger partial charge >= 0.3 is 0 Å². The van der Waals surface area contributed by atoms with Crippen molar-refractivity contribution in [1.82, 2.24) is 4.98 Å². The fourth-order valence-corrected chi connectivity index (χ4v) is 4.01. The molecular formula is C19H12BrFN2O2S. The molecule has 0 aliphatic carbocycles. The molecule has 7 heteroatoms. The zero-order valence-electron chi connectivity index (χ0n) is 13.6. The number of benzene rings is 2. The van der Waals surface area contributed by atoms with Gasteiger partial charge in [0.2, 0.25) is 0 Å². The molecule has 130 valence electrons. The third-order valence-electron chi connectivity index (χ3n) is 3.80. The standard InChI is InChI=1S/C19H12BrFN2O2S/c1-26(24,25)18-5-3-2-4-14(18)15-10-17(23-19(20)16(15)11-22)12-6-8-13(21)9-7-12/h2-10H,1H3. The maximum Gasteiger partial charge on any atom is 0.176 e. The van der Waals surface area contributed by atoms with Gasteiger partial charge < -0.3 is 0 Å². The average molecular weight is 431 g/mol. The second kappa shape index (κ2) is 6.98. The number of hydrogen-bond donors (Lipinski definition) is 0. The first-order chi connectivity index (χ1) is 12.3. The summed E-state index contributed by atoms with van der Waals surface area (Å²) < 4.78 is 37.8. The Balaban J connectivity index is 2.32. The van der Waals surface area contributed by atoms with Crippen molar-refractivity contribution < 1.29 is 12.8 Å². The molecule has 0 atom stereocenters. The van der Waals surface area contributed by atoms with E-state index in [2.05, 4.69) is 27.0 Å². The number of nitriles is 1. The molecule has 4 nitrogen and oxygen atoms in total. The van der Waals surface area contributed by atoms with Gasteiger partial charge in [0.15, 0.2) is 9.84 Å². The van der Waals surface area contributed by atoms with E-state index in [0.717, 1.165) is 6.26 Å². The molecule has 26 heavy (non-hydrogen) atoms. The van der Waals surface area contributed by atoms with Crippen molar-refractivity contribution in [2.75, 3.05) is 6.26 Å². The Bertz CT molecular complexity index is 1140. The summed E-state index contributed by atoms with van der Waals surface area (Å²) in [7, 11) is -3.50. The molecule has 0 amide bonds. The summed E-state index contributed by atoms with van der Waals surface area (Å²) in [5, 5.41) is 9.53. The van der Waals surface area contributed by atoms with Crippen molar-refractivity contribution >= 4 is 25.8 Å². The lowest BCUT2D eigenvalue weighted by molar-refractivity contribution is 0.602. The first-order valence-corrected chi connectivity index (χ1v) is 10.2. The van der Waals surface area contributed by atoms with Crippen LogP contribution in [0.3, 0.4) is 0 Å². The topological polar surface area (TPSA) is 70.8 Å². The van der Waals surface area contributed by atoms with Crippen molar-refractivity contribution in [3.63, 3.8) is 0 Å². The zero-order chi connectivity index (χ0) is 18.9. The Hall–Kier alpha value is -2.56. The zero-order valence-corrected chi connectivity index (χ0v) is 16.0. The Labute approximate surface area is 159 Å². The van der Waals surface area contributed by atoms with Gasteiger partial charge in [-0.1, -0.05) is 18.2 Å². The number of aromatic nitrogens is 1. The van der Waals surface area contributed by atoms with Gasteiger partial charge in [-0.15, -0.1) is 0 Å². The van der Waals surface area contributed by atoms with Crippen LogP contribution in [-0.2, 0) is 9.84 Å². The molecule has 0 unspecified atom stereocenters. The smallest absolute Gasteiger partial charge is 0.176 e. The minimum atomic E-state index is -3.50. The summed E-state index contributed by atoms with van der Waals surface area (Å²) in [6.45, 7) is 0. The van der Waals surface area contributed by atoms with Crippen LogP contribution >= 0.6 is 15.9 Å². The fraction of sp³-hybridized carbons (Fsp3) is 0.0526. The lowest BCUT2D eigenvalue weighted by atomic mass is 9.99. The van der Waals surface area contributed by atoms with Crippen LogP contribution in [0.2, 0.25) is 0 Å². The number of hydrogen-bond acceptors (Lipinski definition) is 4. The van der Waals surface area contributed by atoms with E-state index in [0.29, 0.717) is 27.0 Å². The fourth-order valence-electron chi connectivity index (χ4n) is 2.61. The predicted molar refractivity (Wildman–Crippen MR) is 101 cm³/mol. The molecule has 1 aromatic heterocycles. The molecule has 0 aliphatic rings. The molecule has 0 spiro atoms. The van der Waals surface area contributed by atoms with Crippen LogP contribution in [0.4, 0.5) is 4.39 Å². The minimum Gasteiger partial charge on any atom is -0.239 e. The maximum absolute atomic E-state index is 13.2. The lowest BCUT2D eigenvalue weighted by Gasteiger charge is -2.12. The summed E-state index contributed by atoms with van der Waals surface area (Å²) in [5.74, 6) is -0.371. The highest BCUT2D eigenvalue weighted by Crippen LogP contribution is 2.35. The Kier molecular flexibility index (Phi) is 4.90. The van der Waals surface area contributed by atoms with Crippen molar-refractivity contribution in [3.05, 3.63) is 70.6 Å². The van der Waals surface area contributed by atoms with Crippen molar-refractivity contribution in [2.24, 2.45) is 0 Å². The van der Waals surface area contributed by atoms with Crippen LogP contribution in [0.5, 0.6) is 0 Å². The van der Waals surface area contributed by atoms with Crippen LogP contribution < -0.4 is 0 Å². The Morgan fingerprint density at radius 2 is 1.73 bits per heavy atom. The normalized spacial score (nSPS) is 11.2. The molecule has 0 radical (unpaired) electrons. The molecule has 0 bridgehead atoms. The highest BCUT2D eigenvalue weighted by Gasteiger charge is 2.20.